The van der Waals surface area contributed by atoms with Gasteiger partial charge in [-0.1, -0.05) is 42.5 Å². The van der Waals surface area contributed by atoms with Gasteiger partial charge in [-0.05, 0) is 51.7 Å². The molecule has 0 spiro atoms. The Morgan fingerprint density at radius 1 is 0.789 bits per heavy atom. The van der Waals surface area contributed by atoms with E-state index in [1.807, 2.05) is 0 Å². The Morgan fingerprint density at radius 2 is 1.47 bits per heavy atom. The van der Waals surface area contributed by atoms with Crippen LogP contribution < -0.4 is 0 Å². The van der Waals surface area contributed by atoms with E-state index in [9.17, 15) is 0 Å². The standard InChI is InChI=1S/C16H13Cl2Si/c17-19(18)9-8-12-6-3-7-15-10-13-4-1-2-5-14(13)11-16(12)15/h1-7,10-11H,8-9H2. The van der Waals surface area contributed by atoms with Gasteiger partial charge in [-0.3, -0.25) is 0 Å². The highest BCUT2D eigenvalue weighted by Crippen LogP contribution is 2.26. The van der Waals surface area contributed by atoms with Crippen LogP contribution >= 0.6 is 22.2 Å². The first kappa shape index (κ1) is 13.0. The third-order valence-electron chi connectivity index (χ3n) is 3.42. The van der Waals surface area contributed by atoms with Crippen LogP contribution in [-0.4, -0.2) is 7.42 Å². The zero-order valence-electron chi connectivity index (χ0n) is 10.4. The van der Waals surface area contributed by atoms with Crippen molar-refractivity contribution >= 4 is 51.1 Å². The van der Waals surface area contributed by atoms with Gasteiger partial charge in [0.15, 0.2) is 0 Å². The minimum Gasteiger partial charge on any atom is -0.147 e. The van der Waals surface area contributed by atoms with Gasteiger partial charge in [0, 0.05) is 0 Å². The molecule has 19 heavy (non-hydrogen) atoms. The lowest BCUT2D eigenvalue weighted by Crippen LogP contribution is -1.96. The maximum absolute atomic E-state index is 5.94. The van der Waals surface area contributed by atoms with E-state index >= 15 is 0 Å². The Hall–Kier alpha value is -1.02. The zero-order chi connectivity index (χ0) is 13.2. The van der Waals surface area contributed by atoms with Crippen LogP contribution in [0.1, 0.15) is 5.56 Å². The molecule has 0 bridgehead atoms. The largest absolute Gasteiger partial charge is 0.274 e. The molecule has 3 aromatic rings. The Kier molecular flexibility index (Phi) is 3.78. The van der Waals surface area contributed by atoms with Crippen LogP contribution in [0, 0.1) is 0 Å². The molecule has 3 rings (SSSR count). The van der Waals surface area contributed by atoms with E-state index in [1.165, 1.54) is 27.1 Å². The number of hydrogen-bond donors (Lipinski definition) is 0. The summed E-state index contributed by atoms with van der Waals surface area (Å²) in [5.74, 6) is 0. The van der Waals surface area contributed by atoms with Gasteiger partial charge in [-0.2, -0.15) is 0 Å². The van der Waals surface area contributed by atoms with E-state index in [0.29, 0.717) is 0 Å². The summed E-state index contributed by atoms with van der Waals surface area (Å²) in [6.45, 7) is 0. The Balaban J connectivity index is 2.15. The topological polar surface area (TPSA) is 0 Å². The first-order valence-corrected chi connectivity index (χ1v) is 10.0. The van der Waals surface area contributed by atoms with Crippen molar-refractivity contribution in [3.8, 4) is 0 Å². The summed E-state index contributed by atoms with van der Waals surface area (Å²) in [6, 6.07) is 20.3. The predicted molar refractivity (Wildman–Crippen MR) is 87.4 cm³/mol. The summed E-state index contributed by atoms with van der Waals surface area (Å²) in [4.78, 5) is 0. The molecule has 3 aromatic carbocycles. The molecule has 0 aliphatic carbocycles. The first-order chi connectivity index (χ1) is 9.24. The summed E-state index contributed by atoms with van der Waals surface area (Å²) in [7, 11) is -1.20. The molecule has 3 heteroatoms. The van der Waals surface area contributed by atoms with Gasteiger partial charge in [-0.15, -0.1) is 22.2 Å². The third-order valence-corrected chi connectivity index (χ3v) is 5.18. The van der Waals surface area contributed by atoms with Crippen molar-refractivity contribution in [1.29, 1.82) is 0 Å². The SMILES string of the molecule is Cl[Si](Cl)CCc1cccc2cc3ccccc3cc12. The van der Waals surface area contributed by atoms with Crippen molar-refractivity contribution in [3.05, 3.63) is 60.2 Å². The molecule has 0 saturated carbocycles. The number of benzene rings is 3. The average Bonchev–Trinajstić information content (AvgIpc) is 2.42. The minimum absolute atomic E-state index is 0.889. The molecule has 0 unspecified atom stereocenters. The second kappa shape index (κ2) is 5.54. The van der Waals surface area contributed by atoms with E-state index in [4.69, 9.17) is 22.2 Å². The summed E-state index contributed by atoms with van der Waals surface area (Å²) in [5, 5.41) is 5.17. The van der Waals surface area contributed by atoms with E-state index in [0.717, 1.165) is 12.5 Å². The fraction of sp³-hybridized carbons (Fsp3) is 0.125. The van der Waals surface area contributed by atoms with Crippen molar-refractivity contribution in [2.24, 2.45) is 0 Å². The van der Waals surface area contributed by atoms with Gasteiger partial charge in [0.2, 0.25) is 0 Å². The van der Waals surface area contributed by atoms with E-state index in [-0.39, 0.29) is 0 Å². The molecule has 0 aliphatic rings. The number of rotatable bonds is 3. The molecule has 0 amide bonds. The maximum atomic E-state index is 5.94. The average molecular weight is 304 g/mol. The molecule has 95 valence electrons. The highest BCUT2D eigenvalue weighted by Gasteiger charge is 2.07. The summed E-state index contributed by atoms with van der Waals surface area (Å²) in [5.41, 5.74) is 1.34. The van der Waals surface area contributed by atoms with Crippen LogP contribution in [0.15, 0.2) is 54.6 Å². The van der Waals surface area contributed by atoms with E-state index in [1.54, 1.807) is 0 Å². The van der Waals surface area contributed by atoms with Crippen LogP contribution in [0.3, 0.4) is 0 Å². The van der Waals surface area contributed by atoms with Crippen molar-refractivity contribution in [2.75, 3.05) is 0 Å². The Bertz CT molecular complexity index is 722. The monoisotopic (exact) mass is 303 g/mol. The minimum atomic E-state index is -1.20. The van der Waals surface area contributed by atoms with Crippen LogP contribution in [-0.2, 0) is 6.42 Å². The second-order valence-corrected chi connectivity index (χ2v) is 9.17. The highest BCUT2D eigenvalue weighted by molar-refractivity contribution is 7.33. The van der Waals surface area contributed by atoms with Gasteiger partial charge < -0.3 is 0 Å². The zero-order valence-corrected chi connectivity index (χ0v) is 12.9. The smallest absolute Gasteiger partial charge is 0.147 e. The van der Waals surface area contributed by atoms with Crippen molar-refractivity contribution in [1.82, 2.24) is 0 Å². The first-order valence-electron chi connectivity index (χ1n) is 6.31. The molecule has 0 N–H and O–H groups in total. The molecular formula is C16H13Cl2Si. The molecule has 0 fully saturated rings. The van der Waals surface area contributed by atoms with Gasteiger partial charge in [0.25, 0.3) is 7.42 Å². The van der Waals surface area contributed by atoms with Gasteiger partial charge in [0.05, 0.1) is 0 Å². The molecule has 0 aliphatic heterocycles. The molecule has 0 nitrogen and oxygen atoms in total. The van der Waals surface area contributed by atoms with Crippen molar-refractivity contribution in [3.63, 3.8) is 0 Å². The molecule has 0 saturated heterocycles. The number of halogens is 2. The molecule has 0 aromatic heterocycles. The van der Waals surface area contributed by atoms with Crippen molar-refractivity contribution < 1.29 is 0 Å². The second-order valence-electron chi connectivity index (χ2n) is 4.68. The summed E-state index contributed by atoms with van der Waals surface area (Å²) < 4.78 is 0. The number of hydrogen-bond acceptors (Lipinski definition) is 0. The lowest BCUT2D eigenvalue weighted by atomic mass is 9.99. The normalized spacial score (nSPS) is 11.5. The molecule has 0 heterocycles. The van der Waals surface area contributed by atoms with Gasteiger partial charge in [0.1, 0.15) is 0 Å². The number of aryl methyl sites for hydroxylation is 1. The Labute approximate surface area is 124 Å². The fourth-order valence-corrected chi connectivity index (χ4v) is 3.50. The van der Waals surface area contributed by atoms with Crippen molar-refractivity contribution in [2.45, 2.75) is 12.5 Å². The summed E-state index contributed by atoms with van der Waals surface area (Å²) >= 11 is 11.9. The van der Waals surface area contributed by atoms with Crippen LogP contribution in [0.4, 0.5) is 0 Å². The van der Waals surface area contributed by atoms with E-state index in [2.05, 4.69) is 54.6 Å². The predicted octanol–water partition coefficient (Wildman–Crippen LogP) is 5.50. The van der Waals surface area contributed by atoms with Gasteiger partial charge in [-0.25, -0.2) is 0 Å². The van der Waals surface area contributed by atoms with Crippen LogP contribution in [0.5, 0.6) is 0 Å². The lowest BCUT2D eigenvalue weighted by molar-refractivity contribution is 1.15. The van der Waals surface area contributed by atoms with E-state index < -0.39 is 7.42 Å². The van der Waals surface area contributed by atoms with Gasteiger partial charge >= 0.3 is 0 Å². The quantitative estimate of drug-likeness (QED) is 0.340. The fourth-order valence-electron chi connectivity index (χ4n) is 2.48. The maximum Gasteiger partial charge on any atom is 0.274 e. The lowest BCUT2D eigenvalue weighted by Gasteiger charge is -2.08. The molecular weight excluding hydrogens is 291 g/mol. The highest BCUT2D eigenvalue weighted by atomic mass is 35.7. The van der Waals surface area contributed by atoms with Crippen LogP contribution in [0.2, 0.25) is 6.04 Å². The third kappa shape index (κ3) is 2.79. The summed E-state index contributed by atoms with van der Waals surface area (Å²) in [6.07, 6.45) is 0.955. The Morgan fingerprint density at radius 3 is 2.21 bits per heavy atom. The number of fused-ring (bicyclic) bond motifs is 2. The molecule has 0 atom stereocenters. The molecule has 1 radical (unpaired) electrons. The van der Waals surface area contributed by atoms with Crippen LogP contribution in [0.25, 0.3) is 21.5 Å².